The monoisotopic (exact) mass is 232 g/mol. The van der Waals surface area contributed by atoms with Crippen LogP contribution in [0.5, 0.6) is 0 Å². The van der Waals surface area contributed by atoms with Crippen molar-refractivity contribution in [2.75, 3.05) is 26.2 Å². The van der Waals surface area contributed by atoms with Gasteiger partial charge in [0.25, 0.3) is 0 Å². The van der Waals surface area contributed by atoms with Crippen LogP contribution in [0.3, 0.4) is 0 Å². The minimum atomic E-state index is -0.372. The van der Waals surface area contributed by atoms with Crippen molar-refractivity contribution in [2.24, 2.45) is 0 Å². The van der Waals surface area contributed by atoms with Gasteiger partial charge in [-0.1, -0.05) is 30.3 Å². The maximum absolute atomic E-state index is 11.5. The van der Waals surface area contributed by atoms with Crippen molar-refractivity contribution < 1.29 is 4.79 Å². The summed E-state index contributed by atoms with van der Waals surface area (Å²) in [5, 5.41) is 3.32. The van der Waals surface area contributed by atoms with Gasteiger partial charge in [0, 0.05) is 26.2 Å². The predicted molar refractivity (Wildman–Crippen MR) is 69.1 cm³/mol. The Hall–Kier alpha value is -1.19. The van der Waals surface area contributed by atoms with Crippen LogP contribution in [-0.2, 0) is 11.2 Å². The molecule has 17 heavy (non-hydrogen) atoms. The molecule has 0 radical (unpaired) electrons. The highest BCUT2D eigenvalue weighted by atomic mass is 16.1. The van der Waals surface area contributed by atoms with Crippen LogP contribution in [0.15, 0.2) is 30.3 Å². The molecule has 0 aliphatic carbocycles. The Labute approximate surface area is 103 Å². The molecule has 1 atom stereocenters. The summed E-state index contributed by atoms with van der Waals surface area (Å²) < 4.78 is 0. The Bertz CT molecular complexity index is 360. The maximum atomic E-state index is 11.5. The molecule has 1 aliphatic rings. The average Bonchev–Trinajstić information content (AvgIpc) is 2.41. The first-order chi connectivity index (χ1) is 8.24. The number of hydrogen-bond donors (Lipinski definition) is 1. The molecule has 3 heteroatoms. The van der Waals surface area contributed by atoms with Crippen molar-refractivity contribution in [2.45, 2.75) is 18.9 Å². The van der Waals surface area contributed by atoms with E-state index in [1.165, 1.54) is 5.56 Å². The molecule has 1 aromatic rings. The summed E-state index contributed by atoms with van der Waals surface area (Å²) in [6.07, 6.45) is 1.89. The van der Waals surface area contributed by atoms with Crippen molar-refractivity contribution in [3.8, 4) is 0 Å². The molecule has 1 heterocycles. The average molecular weight is 232 g/mol. The first-order valence-corrected chi connectivity index (χ1v) is 6.21. The molecular weight excluding hydrogens is 212 g/mol. The quantitative estimate of drug-likeness (QED) is 0.789. The summed E-state index contributed by atoms with van der Waals surface area (Å²) in [7, 11) is 0. The molecule has 0 aromatic heterocycles. The lowest BCUT2D eigenvalue weighted by Gasteiger charge is -2.40. The van der Waals surface area contributed by atoms with Crippen LogP contribution >= 0.6 is 0 Å². The highest BCUT2D eigenvalue weighted by molar-refractivity contribution is 5.64. The molecule has 1 N–H and O–H groups in total. The lowest BCUT2D eigenvalue weighted by atomic mass is 9.92. The summed E-state index contributed by atoms with van der Waals surface area (Å²) in [5.41, 5.74) is 0.851. The van der Waals surface area contributed by atoms with Gasteiger partial charge in [-0.15, -0.1) is 0 Å². The summed E-state index contributed by atoms with van der Waals surface area (Å²) in [6.45, 7) is 5.87. The van der Waals surface area contributed by atoms with Crippen molar-refractivity contribution in [1.29, 1.82) is 0 Å². The minimum Gasteiger partial charge on any atom is -0.314 e. The molecule has 1 unspecified atom stereocenters. The lowest BCUT2D eigenvalue weighted by molar-refractivity contribution is -0.118. The van der Waals surface area contributed by atoms with E-state index in [0.717, 1.165) is 38.9 Å². The number of rotatable bonds is 4. The molecule has 0 spiro atoms. The van der Waals surface area contributed by atoms with E-state index in [1.54, 1.807) is 0 Å². The third kappa shape index (κ3) is 2.93. The summed E-state index contributed by atoms with van der Waals surface area (Å²) in [4.78, 5) is 13.7. The number of benzene rings is 1. The molecular formula is C14H20N2O. The Morgan fingerprint density at radius 1 is 1.29 bits per heavy atom. The van der Waals surface area contributed by atoms with Crippen molar-refractivity contribution in [1.82, 2.24) is 10.2 Å². The van der Waals surface area contributed by atoms with Crippen molar-refractivity contribution >= 4 is 6.29 Å². The fraction of sp³-hybridized carbons (Fsp3) is 0.500. The molecule has 3 nitrogen and oxygen atoms in total. The Morgan fingerprint density at radius 3 is 2.53 bits per heavy atom. The molecule has 1 saturated heterocycles. The second kappa shape index (κ2) is 5.43. The smallest absolute Gasteiger partial charge is 0.140 e. The number of hydrogen-bond acceptors (Lipinski definition) is 3. The Balaban J connectivity index is 2.10. The van der Waals surface area contributed by atoms with Crippen LogP contribution in [0.25, 0.3) is 0 Å². The molecule has 1 aromatic carbocycles. The third-order valence-corrected chi connectivity index (χ3v) is 3.50. The van der Waals surface area contributed by atoms with Crippen LogP contribution in [0.1, 0.15) is 12.5 Å². The molecule has 0 bridgehead atoms. The molecule has 0 amide bonds. The van der Waals surface area contributed by atoms with Gasteiger partial charge < -0.3 is 10.1 Å². The van der Waals surface area contributed by atoms with E-state index in [-0.39, 0.29) is 5.54 Å². The highest BCUT2D eigenvalue weighted by Crippen LogP contribution is 2.19. The molecule has 92 valence electrons. The van der Waals surface area contributed by atoms with E-state index in [9.17, 15) is 4.79 Å². The minimum absolute atomic E-state index is 0.372. The topological polar surface area (TPSA) is 32.3 Å². The van der Waals surface area contributed by atoms with Crippen LogP contribution in [0.4, 0.5) is 0 Å². The van der Waals surface area contributed by atoms with E-state index >= 15 is 0 Å². The van der Waals surface area contributed by atoms with E-state index < -0.39 is 0 Å². The normalized spacial score (nSPS) is 20.8. The van der Waals surface area contributed by atoms with Gasteiger partial charge in [0.15, 0.2) is 0 Å². The van der Waals surface area contributed by atoms with E-state index in [1.807, 2.05) is 25.1 Å². The second-order valence-electron chi connectivity index (χ2n) is 4.87. The zero-order chi connectivity index (χ0) is 12.1. The van der Waals surface area contributed by atoms with Gasteiger partial charge in [0.2, 0.25) is 0 Å². The largest absolute Gasteiger partial charge is 0.314 e. The molecule has 0 saturated carbocycles. The zero-order valence-corrected chi connectivity index (χ0v) is 10.4. The van der Waals surface area contributed by atoms with Gasteiger partial charge >= 0.3 is 0 Å². The van der Waals surface area contributed by atoms with E-state index in [0.29, 0.717) is 0 Å². The Morgan fingerprint density at radius 2 is 1.94 bits per heavy atom. The molecule has 1 aliphatic heterocycles. The SMILES string of the molecule is CC(C=O)(Cc1ccccc1)N1CCNCC1. The maximum Gasteiger partial charge on any atom is 0.140 e. The molecule has 2 rings (SSSR count). The summed E-state index contributed by atoms with van der Waals surface area (Å²) >= 11 is 0. The van der Waals surface area contributed by atoms with Gasteiger partial charge in [-0.3, -0.25) is 4.90 Å². The van der Waals surface area contributed by atoms with Crippen LogP contribution in [0.2, 0.25) is 0 Å². The van der Waals surface area contributed by atoms with Crippen molar-refractivity contribution in [3.05, 3.63) is 35.9 Å². The number of piperazine rings is 1. The van der Waals surface area contributed by atoms with Gasteiger partial charge in [-0.05, 0) is 18.9 Å². The van der Waals surface area contributed by atoms with E-state index in [2.05, 4.69) is 22.3 Å². The molecule has 1 fully saturated rings. The van der Waals surface area contributed by atoms with Gasteiger partial charge in [0.05, 0.1) is 5.54 Å². The van der Waals surface area contributed by atoms with Crippen molar-refractivity contribution in [3.63, 3.8) is 0 Å². The van der Waals surface area contributed by atoms with Gasteiger partial charge in [-0.2, -0.15) is 0 Å². The third-order valence-electron chi connectivity index (χ3n) is 3.50. The number of nitrogens with zero attached hydrogens (tertiary/aromatic N) is 1. The number of aldehydes is 1. The fourth-order valence-electron chi connectivity index (χ4n) is 2.41. The number of carbonyl (C=O) groups is 1. The second-order valence-corrected chi connectivity index (χ2v) is 4.87. The Kier molecular flexibility index (Phi) is 3.92. The fourth-order valence-corrected chi connectivity index (χ4v) is 2.41. The van der Waals surface area contributed by atoms with Crippen LogP contribution in [-0.4, -0.2) is 42.9 Å². The first-order valence-electron chi connectivity index (χ1n) is 6.21. The lowest BCUT2D eigenvalue weighted by Crippen LogP contribution is -2.56. The predicted octanol–water partition coefficient (Wildman–Crippen LogP) is 1.09. The number of carbonyl (C=O) groups excluding carboxylic acids is 1. The van der Waals surface area contributed by atoms with Gasteiger partial charge in [-0.25, -0.2) is 0 Å². The van der Waals surface area contributed by atoms with Crippen LogP contribution in [0, 0.1) is 0 Å². The zero-order valence-electron chi connectivity index (χ0n) is 10.4. The standard InChI is InChI=1S/C14H20N2O/c1-14(12-17,16-9-7-15-8-10-16)11-13-5-3-2-4-6-13/h2-6,12,15H,7-11H2,1H3. The summed E-state index contributed by atoms with van der Waals surface area (Å²) in [5.74, 6) is 0. The highest BCUT2D eigenvalue weighted by Gasteiger charge is 2.32. The summed E-state index contributed by atoms with van der Waals surface area (Å²) in [6, 6.07) is 10.2. The van der Waals surface area contributed by atoms with Gasteiger partial charge in [0.1, 0.15) is 6.29 Å². The van der Waals surface area contributed by atoms with E-state index in [4.69, 9.17) is 0 Å². The number of nitrogens with one attached hydrogen (secondary N) is 1. The van der Waals surface area contributed by atoms with Crippen LogP contribution < -0.4 is 5.32 Å². The first kappa shape index (κ1) is 12.3.